The van der Waals surface area contributed by atoms with Crippen LogP contribution in [0.25, 0.3) is 64.3 Å². The maximum Gasteiger partial charge on any atom is 0.0396 e. The number of aryl methyl sites for hydroxylation is 2. The lowest BCUT2D eigenvalue weighted by Crippen LogP contribution is -2.22. The summed E-state index contributed by atoms with van der Waals surface area (Å²) in [5.41, 5.74) is 10.9. The predicted octanol–water partition coefficient (Wildman–Crippen LogP) is 10.9. The molecule has 0 spiro atoms. The number of hydrogen-bond donors (Lipinski definition) is 0. The summed E-state index contributed by atoms with van der Waals surface area (Å²) in [5.74, 6) is 0. The van der Waals surface area contributed by atoms with Gasteiger partial charge in [-0.3, -0.25) is 0 Å². The molecule has 0 amide bonds. The Balaban J connectivity index is 1.51. The molecule has 0 saturated carbocycles. The van der Waals surface area contributed by atoms with E-state index in [0.717, 1.165) is 0 Å². The highest BCUT2D eigenvalue weighted by atomic mass is 32.1. The summed E-state index contributed by atoms with van der Waals surface area (Å²) in [6.45, 7) is 9.27. The molecule has 0 bridgehead atoms. The van der Waals surface area contributed by atoms with Gasteiger partial charge in [0.1, 0.15) is 0 Å². The van der Waals surface area contributed by atoms with Gasteiger partial charge in [-0.05, 0) is 109 Å². The van der Waals surface area contributed by atoms with E-state index in [2.05, 4.69) is 125 Å². The molecule has 8 rings (SSSR count). The lowest BCUT2D eigenvalue weighted by atomic mass is 9.70. The summed E-state index contributed by atoms with van der Waals surface area (Å²) < 4.78 is 0. The van der Waals surface area contributed by atoms with Crippen LogP contribution in [0.4, 0.5) is 0 Å². The molecule has 182 valence electrons. The third kappa shape index (κ3) is 2.86. The SMILES string of the molecule is Cc1cccc(C)c1-c1cc2ccc3ccc4c5c(cc(c1)c2c35)-c1sc(-c2ccccc2)cc1C4(C)C. The molecule has 6 aromatic carbocycles. The Kier molecular flexibility index (Phi) is 4.39. The fraction of sp³-hybridized carbons (Fsp3) is 0.135. The maximum absolute atomic E-state index is 2.49. The first-order chi connectivity index (χ1) is 18.4. The molecule has 0 saturated heterocycles. The van der Waals surface area contributed by atoms with Gasteiger partial charge in [-0.1, -0.05) is 86.6 Å². The molecular formula is C37H28S. The highest BCUT2D eigenvalue weighted by Crippen LogP contribution is 2.56. The lowest BCUT2D eigenvalue weighted by molar-refractivity contribution is 0.648. The van der Waals surface area contributed by atoms with Crippen molar-refractivity contribution in [2.75, 3.05) is 0 Å². The number of hydrogen-bond acceptors (Lipinski definition) is 1. The van der Waals surface area contributed by atoms with Crippen LogP contribution >= 0.6 is 11.3 Å². The topological polar surface area (TPSA) is 0 Å². The van der Waals surface area contributed by atoms with Crippen LogP contribution in [0.3, 0.4) is 0 Å². The highest BCUT2D eigenvalue weighted by molar-refractivity contribution is 7.19. The second-order valence-corrected chi connectivity index (χ2v) is 12.5. The van der Waals surface area contributed by atoms with E-state index in [1.165, 1.54) is 86.6 Å². The summed E-state index contributed by atoms with van der Waals surface area (Å²) in [5, 5.41) is 8.27. The number of thiophene rings is 1. The van der Waals surface area contributed by atoms with Crippen molar-refractivity contribution in [2.45, 2.75) is 33.1 Å². The molecule has 0 atom stereocenters. The van der Waals surface area contributed by atoms with Crippen LogP contribution in [0.2, 0.25) is 0 Å². The van der Waals surface area contributed by atoms with Crippen molar-refractivity contribution in [3.05, 3.63) is 119 Å². The summed E-state index contributed by atoms with van der Waals surface area (Å²) in [6.07, 6.45) is 0. The Morgan fingerprint density at radius 3 is 2.05 bits per heavy atom. The average molecular weight is 505 g/mol. The van der Waals surface area contributed by atoms with E-state index < -0.39 is 0 Å². The second kappa shape index (κ2) is 7.56. The molecule has 0 unspecified atom stereocenters. The van der Waals surface area contributed by atoms with Crippen LogP contribution in [0.15, 0.2) is 97.1 Å². The van der Waals surface area contributed by atoms with Gasteiger partial charge in [0.2, 0.25) is 0 Å². The summed E-state index contributed by atoms with van der Waals surface area (Å²) >= 11 is 1.95. The second-order valence-electron chi connectivity index (χ2n) is 11.5. The average Bonchev–Trinajstić information content (AvgIpc) is 3.38. The van der Waals surface area contributed by atoms with Crippen LogP contribution in [-0.4, -0.2) is 0 Å². The van der Waals surface area contributed by atoms with Gasteiger partial charge >= 0.3 is 0 Å². The van der Waals surface area contributed by atoms with Gasteiger partial charge in [-0.15, -0.1) is 11.3 Å². The minimum Gasteiger partial charge on any atom is -0.135 e. The molecule has 0 fully saturated rings. The monoisotopic (exact) mass is 504 g/mol. The van der Waals surface area contributed by atoms with Gasteiger partial charge in [0.05, 0.1) is 0 Å². The molecule has 1 aliphatic carbocycles. The van der Waals surface area contributed by atoms with Crippen LogP contribution in [0, 0.1) is 13.8 Å². The maximum atomic E-state index is 2.49. The molecule has 0 N–H and O–H groups in total. The number of rotatable bonds is 2. The molecule has 1 heteroatoms. The van der Waals surface area contributed by atoms with E-state index >= 15 is 0 Å². The van der Waals surface area contributed by atoms with E-state index in [-0.39, 0.29) is 5.41 Å². The minimum atomic E-state index is -0.0579. The van der Waals surface area contributed by atoms with Gasteiger partial charge < -0.3 is 0 Å². The lowest BCUT2D eigenvalue weighted by Gasteiger charge is -2.34. The summed E-state index contributed by atoms with van der Waals surface area (Å²) in [6, 6.07) is 36.6. The first-order valence-electron chi connectivity index (χ1n) is 13.4. The van der Waals surface area contributed by atoms with Gasteiger partial charge in [0, 0.05) is 20.7 Å². The molecule has 0 aliphatic heterocycles. The Morgan fingerprint density at radius 2 is 1.26 bits per heavy atom. The molecule has 0 nitrogen and oxygen atoms in total. The number of benzene rings is 6. The molecule has 1 aromatic heterocycles. The zero-order valence-electron chi connectivity index (χ0n) is 22.1. The zero-order chi connectivity index (χ0) is 25.8. The van der Waals surface area contributed by atoms with Crippen molar-refractivity contribution in [1.29, 1.82) is 0 Å². The Hall–Kier alpha value is -3.94. The van der Waals surface area contributed by atoms with E-state index in [4.69, 9.17) is 0 Å². The highest BCUT2D eigenvalue weighted by Gasteiger charge is 2.36. The van der Waals surface area contributed by atoms with Gasteiger partial charge in [0.15, 0.2) is 0 Å². The Bertz CT molecular complexity index is 2030. The van der Waals surface area contributed by atoms with E-state index in [0.29, 0.717) is 0 Å². The molecule has 7 aromatic rings. The normalized spacial score (nSPS) is 14.0. The van der Waals surface area contributed by atoms with Gasteiger partial charge in [-0.2, -0.15) is 0 Å². The fourth-order valence-corrected chi connectivity index (χ4v) is 8.34. The van der Waals surface area contributed by atoms with Crippen molar-refractivity contribution in [1.82, 2.24) is 0 Å². The quantitative estimate of drug-likeness (QED) is 0.205. The third-order valence-corrected chi connectivity index (χ3v) is 10.1. The first kappa shape index (κ1) is 22.1. The van der Waals surface area contributed by atoms with Gasteiger partial charge in [-0.25, -0.2) is 0 Å². The summed E-state index contributed by atoms with van der Waals surface area (Å²) in [4.78, 5) is 2.77. The molecular weight excluding hydrogens is 476 g/mol. The van der Waals surface area contributed by atoms with E-state index in [1.807, 2.05) is 11.3 Å². The molecule has 1 heterocycles. The van der Waals surface area contributed by atoms with Crippen LogP contribution < -0.4 is 0 Å². The van der Waals surface area contributed by atoms with E-state index in [9.17, 15) is 0 Å². The predicted molar refractivity (Wildman–Crippen MR) is 166 cm³/mol. The standard InChI is InChI=1S/C37H28S/c1-21-9-8-10-22(2)32(21)26-17-25-14-13-24-15-16-29-35-28(19-27(18-26)33(25)34(24)35)36-30(37(29,3)4)20-31(38-36)23-11-6-5-7-12-23/h5-20H,1-4H3. The van der Waals surface area contributed by atoms with Gasteiger partial charge in [0.25, 0.3) is 0 Å². The molecule has 1 aliphatic rings. The third-order valence-electron chi connectivity index (χ3n) is 8.85. The zero-order valence-corrected chi connectivity index (χ0v) is 23.0. The smallest absolute Gasteiger partial charge is 0.0396 e. The van der Waals surface area contributed by atoms with Crippen LogP contribution in [0.1, 0.15) is 36.1 Å². The van der Waals surface area contributed by atoms with Crippen molar-refractivity contribution in [2.24, 2.45) is 0 Å². The van der Waals surface area contributed by atoms with Crippen molar-refractivity contribution < 1.29 is 0 Å². The van der Waals surface area contributed by atoms with Crippen LogP contribution in [0.5, 0.6) is 0 Å². The Morgan fingerprint density at radius 1 is 0.553 bits per heavy atom. The molecule has 0 radical (unpaired) electrons. The van der Waals surface area contributed by atoms with Crippen LogP contribution in [-0.2, 0) is 5.41 Å². The minimum absolute atomic E-state index is 0.0579. The van der Waals surface area contributed by atoms with E-state index in [1.54, 1.807) is 0 Å². The summed E-state index contributed by atoms with van der Waals surface area (Å²) in [7, 11) is 0. The number of fused-ring (bicyclic) bond motifs is 2. The van der Waals surface area contributed by atoms with Crippen molar-refractivity contribution >= 4 is 43.7 Å². The fourth-order valence-electron chi connectivity index (χ4n) is 6.99. The first-order valence-corrected chi connectivity index (χ1v) is 14.3. The van der Waals surface area contributed by atoms with Crippen molar-refractivity contribution in [3.63, 3.8) is 0 Å². The Labute approximate surface area is 227 Å². The molecule has 38 heavy (non-hydrogen) atoms. The largest absolute Gasteiger partial charge is 0.135 e. The van der Waals surface area contributed by atoms with Crippen molar-refractivity contribution in [3.8, 4) is 32.0 Å².